The third-order valence-corrected chi connectivity index (χ3v) is 14.0. The lowest BCUT2D eigenvalue weighted by atomic mass is 9.98. The van der Waals surface area contributed by atoms with Gasteiger partial charge in [-0.05, 0) is 83.6 Å². The fourth-order valence-electron chi connectivity index (χ4n) is 10.8. The van der Waals surface area contributed by atoms with Crippen molar-refractivity contribution in [1.82, 2.24) is 0 Å². The third-order valence-electron chi connectivity index (χ3n) is 14.0. The summed E-state index contributed by atoms with van der Waals surface area (Å²) in [5.74, 6) is 0. The second-order valence-corrected chi connectivity index (χ2v) is 18.0. The van der Waals surface area contributed by atoms with Gasteiger partial charge in [-0.15, -0.1) is 0 Å². The summed E-state index contributed by atoms with van der Waals surface area (Å²) in [6, 6.07) is 83.3. The van der Waals surface area contributed by atoms with Gasteiger partial charge < -0.3 is 23.1 Å². The summed E-state index contributed by atoms with van der Waals surface area (Å²) in [5.41, 5.74) is 16.5. The smallest absolute Gasteiger partial charge is 0.159 e. The topological polar surface area (TPSA) is 45.9 Å². The zero-order valence-electron chi connectivity index (χ0n) is 38.1. The monoisotopic (exact) mass is 898 g/mol. The minimum Gasteiger partial charge on any atom is -0.456 e. The van der Waals surface area contributed by atoms with E-state index in [1.165, 1.54) is 5.56 Å². The van der Waals surface area contributed by atoms with Crippen LogP contribution >= 0.6 is 0 Å². The first-order chi connectivity index (χ1) is 34.7. The van der Waals surface area contributed by atoms with Gasteiger partial charge in [0.15, 0.2) is 11.2 Å². The molecule has 0 fully saturated rings. The quantitative estimate of drug-likeness (QED) is 0.152. The largest absolute Gasteiger partial charge is 0.456 e. The molecule has 0 atom stereocenters. The second-order valence-electron chi connectivity index (χ2n) is 18.0. The SMILES string of the molecule is Cc1ccccc1-c1cccc2c1oc1c(N(c3ccccc3)c3ccc4oc5cc(N(c6ccccc6)c6cccc7c6oc6c(-c8ccccc8)cccc67)c6ccccc6c5c4c3)cccc12. The van der Waals surface area contributed by atoms with E-state index in [0.29, 0.717) is 0 Å². The number of furan rings is 3. The van der Waals surface area contributed by atoms with Crippen molar-refractivity contribution < 1.29 is 13.3 Å². The van der Waals surface area contributed by atoms with Crippen molar-refractivity contribution in [3.8, 4) is 22.3 Å². The Bertz CT molecular complexity index is 4320. The van der Waals surface area contributed by atoms with E-state index in [0.717, 1.165) is 133 Å². The van der Waals surface area contributed by atoms with Crippen LogP contribution in [-0.4, -0.2) is 0 Å². The number of fused-ring (bicyclic) bond motifs is 11. The molecular formula is C65H42N2O3. The Balaban J connectivity index is 0.973. The highest BCUT2D eigenvalue weighted by molar-refractivity contribution is 6.24. The maximum atomic E-state index is 7.06. The van der Waals surface area contributed by atoms with Crippen molar-refractivity contribution in [2.75, 3.05) is 9.80 Å². The van der Waals surface area contributed by atoms with Crippen LogP contribution in [0, 0.1) is 6.92 Å². The van der Waals surface area contributed by atoms with E-state index in [2.05, 4.69) is 247 Å². The average molecular weight is 899 g/mol. The van der Waals surface area contributed by atoms with E-state index in [-0.39, 0.29) is 0 Å². The Labute approximate surface area is 403 Å². The van der Waals surface area contributed by atoms with Crippen LogP contribution < -0.4 is 9.80 Å². The molecule has 0 aliphatic rings. The molecule has 5 heteroatoms. The summed E-state index contributed by atoms with van der Waals surface area (Å²) in [6.07, 6.45) is 0. The minimum atomic E-state index is 0.791. The summed E-state index contributed by atoms with van der Waals surface area (Å²) in [4.78, 5) is 4.63. The molecular weight excluding hydrogens is 857 g/mol. The number of hydrogen-bond donors (Lipinski definition) is 0. The van der Waals surface area contributed by atoms with Crippen LogP contribution in [0.2, 0.25) is 0 Å². The molecule has 330 valence electrons. The number of rotatable bonds is 8. The van der Waals surface area contributed by atoms with Gasteiger partial charge in [0.05, 0.1) is 17.1 Å². The fourth-order valence-corrected chi connectivity index (χ4v) is 10.8. The zero-order valence-corrected chi connectivity index (χ0v) is 38.1. The van der Waals surface area contributed by atoms with Crippen molar-refractivity contribution in [3.05, 3.63) is 242 Å². The second kappa shape index (κ2) is 15.9. The number of hydrogen-bond acceptors (Lipinski definition) is 5. The third kappa shape index (κ3) is 6.18. The molecule has 3 aromatic heterocycles. The predicted molar refractivity (Wildman–Crippen MR) is 291 cm³/mol. The Morgan fingerprint density at radius 3 is 1.46 bits per heavy atom. The molecule has 0 bridgehead atoms. The van der Waals surface area contributed by atoms with Crippen molar-refractivity contribution in [3.63, 3.8) is 0 Å². The van der Waals surface area contributed by atoms with E-state index in [1.54, 1.807) is 0 Å². The molecule has 0 aliphatic carbocycles. The molecule has 0 radical (unpaired) electrons. The number of nitrogens with zero attached hydrogens (tertiary/aromatic N) is 2. The highest BCUT2D eigenvalue weighted by Crippen LogP contribution is 2.50. The Morgan fingerprint density at radius 2 is 0.786 bits per heavy atom. The van der Waals surface area contributed by atoms with Crippen molar-refractivity contribution in [2.24, 2.45) is 0 Å². The van der Waals surface area contributed by atoms with Gasteiger partial charge in [0.2, 0.25) is 0 Å². The molecule has 70 heavy (non-hydrogen) atoms. The maximum Gasteiger partial charge on any atom is 0.159 e. The molecule has 0 unspecified atom stereocenters. The molecule has 14 aromatic rings. The van der Waals surface area contributed by atoms with Crippen LogP contribution in [0.5, 0.6) is 0 Å². The maximum absolute atomic E-state index is 7.06. The van der Waals surface area contributed by atoms with Crippen LogP contribution in [-0.2, 0) is 0 Å². The van der Waals surface area contributed by atoms with Crippen molar-refractivity contribution >= 4 is 111 Å². The number of para-hydroxylation sites is 6. The first-order valence-corrected chi connectivity index (χ1v) is 23.7. The van der Waals surface area contributed by atoms with E-state index in [9.17, 15) is 0 Å². The fraction of sp³-hybridized carbons (Fsp3) is 0.0154. The Morgan fingerprint density at radius 1 is 0.286 bits per heavy atom. The molecule has 3 heterocycles. The standard InChI is InChI=1S/C65H42N2O3/c1-41-19-11-12-26-46(41)50-30-16-32-52-54-33-17-35-56(64(54)70-63(50)52)66(43-22-7-3-8-23-43)45-37-38-59-55(39-45)61-49-28-14-13-27-48(49)58(40-60(61)68-59)67(44-24-9-4-10-25-44)57-36-18-34-53-51-31-15-29-47(62(51)69-65(53)57)42-20-5-2-6-21-42/h2-40H,1H3. The van der Waals surface area contributed by atoms with Crippen LogP contribution in [0.15, 0.2) is 250 Å². The summed E-state index contributed by atoms with van der Waals surface area (Å²) in [7, 11) is 0. The molecule has 0 spiro atoms. The summed E-state index contributed by atoms with van der Waals surface area (Å²) >= 11 is 0. The molecule has 11 aromatic carbocycles. The van der Waals surface area contributed by atoms with Gasteiger partial charge in [0.1, 0.15) is 22.3 Å². The normalized spacial score (nSPS) is 11.8. The number of anilines is 6. The summed E-state index contributed by atoms with van der Waals surface area (Å²) in [6.45, 7) is 2.16. The molecule has 5 nitrogen and oxygen atoms in total. The predicted octanol–water partition coefficient (Wildman–Crippen LogP) is 19.1. The van der Waals surface area contributed by atoms with Crippen molar-refractivity contribution in [2.45, 2.75) is 6.92 Å². The van der Waals surface area contributed by atoms with Gasteiger partial charge in [0, 0.05) is 72.0 Å². The lowest BCUT2D eigenvalue weighted by molar-refractivity contribution is 0.668. The Hall–Kier alpha value is -9.32. The molecule has 0 N–H and O–H groups in total. The van der Waals surface area contributed by atoms with Crippen LogP contribution in [0.3, 0.4) is 0 Å². The van der Waals surface area contributed by atoms with Gasteiger partial charge in [-0.2, -0.15) is 0 Å². The lowest BCUT2D eigenvalue weighted by Crippen LogP contribution is -2.10. The van der Waals surface area contributed by atoms with Crippen LogP contribution in [0.1, 0.15) is 5.56 Å². The first-order valence-electron chi connectivity index (χ1n) is 23.7. The average Bonchev–Trinajstić information content (AvgIpc) is 4.12. The van der Waals surface area contributed by atoms with E-state index >= 15 is 0 Å². The van der Waals surface area contributed by atoms with Gasteiger partial charge in [-0.3, -0.25) is 0 Å². The Kier molecular flexibility index (Phi) is 9.04. The molecule has 0 amide bonds. The van der Waals surface area contributed by atoms with Crippen molar-refractivity contribution in [1.29, 1.82) is 0 Å². The highest BCUT2D eigenvalue weighted by Gasteiger charge is 2.26. The zero-order chi connectivity index (χ0) is 46.3. The van der Waals surface area contributed by atoms with Gasteiger partial charge in [-0.1, -0.05) is 176 Å². The molecule has 0 saturated carbocycles. The molecule has 0 saturated heterocycles. The van der Waals surface area contributed by atoms with E-state index in [1.807, 2.05) is 6.07 Å². The minimum absolute atomic E-state index is 0.791. The summed E-state index contributed by atoms with van der Waals surface area (Å²) < 4.78 is 21.1. The number of benzene rings is 11. The van der Waals surface area contributed by atoms with Crippen LogP contribution in [0.25, 0.3) is 98.8 Å². The molecule has 0 aliphatic heterocycles. The first kappa shape index (κ1) is 39.8. The summed E-state index contributed by atoms with van der Waals surface area (Å²) in [5, 5.41) is 8.53. The molecule has 14 rings (SSSR count). The van der Waals surface area contributed by atoms with Gasteiger partial charge in [-0.25, -0.2) is 0 Å². The lowest BCUT2D eigenvalue weighted by Gasteiger charge is -2.27. The van der Waals surface area contributed by atoms with Crippen LogP contribution in [0.4, 0.5) is 34.1 Å². The van der Waals surface area contributed by atoms with E-state index < -0.39 is 0 Å². The van der Waals surface area contributed by atoms with Gasteiger partial charge in [0.25, 0.3) is 0 Å². The highest BCUT2D eigenvalue weighted by atomic mass is 16.3. The van der Waals surface area contributed by atoms with Gasteiger partial charge >= 0.3 is 0 Å². The van der Waals surface area contributed by atoms with E-state index in [4.69, 9.17) is 13.3 Å². The number of aryl methyl sites for hydroxylation is 1.